The molecule has 1 fully saturated rings. The van der Waals surface area contributed by atoms with E-state index in [4.69, 9.17) is 0 Å². The van der Waals surface area contributed by atoms with Crippen LogP contribution in [0.1, 0.15) is 57.6 Å². The normalized spacial score (nSPS) is 21.5. The number of nitrogens with zero attached hydrogens (tertiary/aromatic N) is 1. The summed E-state index contributed by atoms with van der Waals surface area (Å²) in [5.74, 6) is -1.97. The Hall–Kier alpha value is -2.70. The summed E-state index contributed by atoms with van der Waals surface area (Å²) < 4.78 is 14.9. The molecule has 2 heterocycles. The largest absolute Gasteiger partial charge is 0.366 e. The molecule has 1 atom stereocenters. The average Bonchev–Trinajstić information content (AvgIpc) is 2.55. The highest BCUT2D eigenvalue weighted by atomic mass is 19.1. The molecule has 0 aromatic heterocycles. The van der Waals surface area contributed by atoms with Gasteiger partial charge < -0.3 is 4.90 Å². The standard InChI is InChI=1S/C20H24FN3O3/c1-5-6-24-16-9-15(21)12(7-13(16)11(2)10-20(24,3)4)8-14-17(25)22-19(27)23-18(14)26/h7-9,11H,5-6,10H2,1-4H3,(H2,22,23,25,26,27). The maximum Gasteiger partial charge on any atom is 0.328 e. The molecule has 0 radical (unpaired) electrons. The Kier molecular flexibility index (Phi) is 4.80. The molecule has 2 aliphatic rings. The zero-order valence-corrected chi connectivity index (χ0v) is 16.0. The fraction of sp³-hybridized carbons (Fsp3) is 0.450. The monoisotopic (exact) mass is 373 g/mol. The number of nitrogens with one attached hydrogen (secondary N) is 2. The van der Waals surface area contributed by atoms with E-state index in [1.165, 1.54) is 12.1 Å². The van der Waals surface area contributed by atoms with Gasteiger partial charge in [-0.3, -0.25) is 20.2 Å². The van der Waals surface area contributed by atoms with Gasteiger partial charge >= 0.3 is 6.03 Å². The number of rotatable bonds is 3. The summed E-state index contributed by atoms with van der Waals surface area (Å²) in [5.41, 5.74) is 1.63. The molecule has 27 heavy (non-hydrogen) atoms. The highest BCUT2D eigenvalue weighted by Gasteiger charge is 2.36. The zero-order valence-electron chi connectivity index (χ0n) is 16.0. The number of carbonyl (C=O) groups is 3. The summed E-state index contributed by atoms with van der Waals surface area (Å²) >= 11 is 0. The Morgan fingerprint density at radius 2 is 1.85 bits per heavy atom. The van der Waals surface area contributed by atoms with E-state index >= 15 is 0 Å². The molecule has 7 heteroatoms. The molecule has 6 nitrogen and oxygen atoms in total. The van der Waals surface area contributed by atoms with Crippen molar-refractivity contribution in [2.45, 2.75) is 52.0 Å². The fourth-order valence-electron chi connectivity index (χ4n) is 4.04. The highest BCUT2D eigenvalue weighted by Crippen LogP contribution is 2.44. The van der Waals surface area contributed by atoms with Gasteiger partial charge in [0.15, 0.2) is 0 Å². The van der Waals surface area contributed by atoms with E-state index in [1.807, 2.05) is 10.6 Å². The zero-order chi connectivity index (χ0) is 19.9. The third kappa shape index (κ3) is 3.46. The maximum atomic E-state index is 14.9. The van der Waals surface area contributed by atoms with Crippen LogP contribution in [0.5, 0.6) is 0 Å². The Morgan fingerprint density at radius 1 is 1.22 bits per heavy atom. The van der Waals surface area contributed by atoms with Crippen LogP contribution in [0.4, 0.5) is 14.9 Å². The summed E-state index contributed by atoms with van der Waals surface area (Å²) in [7, 11) is 0. The lowest BCUT2D eigenvalue weighted by atomic mass is 9.79. The fourth-order valence-corrected chi connectivity index (χ4v) is 4.04. The summed E-state index contributed by atoms with van der Waals surface area (Å²) in [6.45, 7) is 9.31. The van der Waals surface area contributed by atoms with Crippen LogP contribution in [0.3, 0.4) is 0 Å². The van der Waals surface area contributed by atoms with E-state index in [2.05, 4.69) is 32.6 Å². The SMILES string of the molecule is CCCN1c2cc(F)c(C=C3C(=O)NC(=O)NC3=O)cc2C(C)CC1(C)C. The molecule has 4 amide bonds. The second-order valence-corrected chi connectivity index (χ2v) is 7.80. The topological polar surface area (TPSA) is 78.5 Å². The van der Waals surface area contributed by atoms with E-state index in [0.717, 1.165) is 30.6 Å². The number of barbiturate groups is 1. The van der Waals surface area contributed by atoms with Crippen molar-refractivity contribution in [3.05, 3.63) is 34.6 Å². The number of halogens is 1. The molecular weight excluding hydrogens is 349 g/mol. The van der Waals surface area contributed by atoms with Crippen LogP contribution in [0.25, 0.3) is 6.08 Å². The number of imide groups is 2. The summed E-state index contributed by atoms with van der Waals surface area (Å²) in [4.78, 5) is 37.2. The molecule has 144 valence electrons. The van der Waals surface area contributed by atoms with E-state index in [0.29, 0.717) is 0 Å². The Balaban J connectivity index is 2.08. The van der Waals surface area contributed by atoms with Crippen molar-refractivity contribution in [3.8, 4) is 0 Å². The lowest BCUT2D eigenvalue weighted by Crippen LogP contribution is -2.51. The Morgan fingerprint density at radius 3 is 2.44 bits per heavy atom. The van der Waals surface area contributed by atoms with Gasteiger partial charge in [-0.05, 0) is 56.4 Å². The first kappa shape index (κ1) is 19.1. The van der Waals surface area contributed by atoms with Crippen molar-refractivity contribution in [2.75, 3.05) is 11.4 Å². The lowest BCUT2D eigenvalue weighted by Gasteiger charge is -2.47. The number of amides is 4. The van der Waals surface area contributed by atoms with Crippen molar-refractivity contribution < 1.29 is 18.8 Å². The lowest BCUT2D eigenvalue weighted by molar-refractivity contribution is -0.123. The van der Waals surface area contributed by atoms with Crippen LogP contribution in [0.2, 0.25) is 0 Å². The van der Waals surface area contributed by atoms with Crippen molar-refractivity contribution in [3.63, 3.8) is 0 Å². The van der Waals surface area contributed by atoms with Crippen molar-refractivity contribution in [2.24, 2.45) is 0 Å². The molecule has 2 aliphatic heterocycles. The van der Waals surface area contributed by atoms with E-state index in [-0.39, 0.29) is 22.6 Å². The molecule has 3 rings (SSSR count). The third-order valence-electron chi connectivity index (χ3n) is 5.19. The molecule has 1 aromatic rings. The van der Waals surface area contributed by atoms with Crippen molar-refractivity contribution in [1.29, 1.82) is 0 Å². The number of urea groups is 1. The number of hydrogen-bond acceptors (Lipinski definition) is 4. The molecule has 0 aliphatic carbocycles. The van der Waals surface area contributed by atoms with Gasteiger partial charge in [-0.15, -0.1) is 0 Å². The van der Waals surface area contributed by atoms with Gasteiger partial charge in [0, 0.05) is 23.3 Å². The van der Waals surface area contributed by atoms with Crippen LogP contribution < -0.4 is 15.5 Å². The molecule has 1 saturated heterocycles. The Labute approximate surface area is 157 Å². The quantitative estimate of drug-likeness (QED) is 0.630. The summed E-state index contributed by atoms with van der Waals surface area (Å²) in [5, 5.41) is 3.99. The van der Waals surface area contributed by atoms with Gasteiger partial charge in [0.2, 0.25) is 0 Å². The third-order valence-corrected chi connectivity index (χ3v) is 5.19. The minimum atomic E-state index is -0.876. The van der Waals surface area contributed by atoms with E-state index in [1.54, 1.807) is 6.07 Å². The minimum Gasteiger partial charge on any atom is -0.366 e. The smallest absolute Gasteiger partial charge is 0.328 e. The van der Waals surface area contributed by atoms with Crippen LogP contribution in [-0.2, 0) is 9.59 Å². The van der Waals surface area contributed by atoms with Gasteiger partial charge in [-0.25, -0.2) is 9.18 Å². The van der Waals surface area contributed by atoms with Gasteiger partial charge in [0.1, 0.15) is 11.4 Å². The second kappa shape index (κ2) is 6.79. The van der Waals surface area contributed by atoms with Gasteiger partial charge in [-0.2, -0.15) is 0 Å². The molecule has 1 unspecified atom stereocenters. The Bertz CT molecular complexity index is 838. The molecule has 0 spiro atoms. The molecule has 2 N–H and O–H groups in total. The molecular formula is C20H24FN3O3. The highest BCUT2D eigenvalue weighted by molar-refractivity contribution is 6.31. The van der Waals surface area contributed by atoms with Crippen LogP contribution in [-0.4, -0.2) is 29.9 Å². The predicted molar refractivity (Wildman–Crippen MR) is 101 cm³/mol. The van der Waals surface area contributed by atoms with Gasteiger partial charge in [-0.1, -0.05) is 13.8 Å². The number of fused-ring (bicyclic) bond motifs is 1. The van der Waals surface area contributed by atoms with Gasteiger partial charge in [0.25, 0.3) is 11.8 Å². The van der Waals surface area contributed by atoms with Crippen LogP contribution in [0, 0.1) is 5.82 Å². The maximum absolute atomic E-state index is 14.9. The van der Waals surface area contributed by atoms with Crippen LogP contribution in [0.15, 0.2) is 17.7 Å². The van der Waals surface area contributed by atoms with Gasteiger partial charge in [0.05, 0.1) is 0 Å². The number of hydrogen-bond donors (Lipinski definition) is 2. The molecule has 0 bridgehead atoms. The summed E-state index contributed by atoms with van der Waals surface area (Å²) in [6, 6.07) is 2.31. The predicted octanol–water partition coefficient (Wildman–Crippen LogP) is 3.08. The minimum absolute atomic E-state index is 0.0850. The number of carbonyl (C=O) groups excluding carboxylic acids is 3. The first-order valence-corrected chi connectivity index (χ1v) is 9.13. The molecule has 0 saturated carbocycles. The first-order valence-electron chi connectivity index (χ1n) is 9.13. The number of anilines is 1. The number of benzene rings is 1. The van der Waals surface area contributed by atoms with Crippen molar-refractivity contribution >= 4 is 29.6 Å². The van der Waals surface area contributed by atoms with E-state index in [9.17, 15) is 18.8 Å². The van der Waals surface area contributed by atoms with Crippen LogP contribution >= 0.6 is 0 Å². The average molecular weight is 373 g/mol. The summed E-state index contributed by atoms with van der Waals surface area (Å²) in [6.07, 6.45) is 3.06. The second-order valence-electron chi connectivity index (χ2n) is 7.80. The first-order chi connectivity index (χ1) is 12.6. The van der Waals surface area contributed by atoms with E-state index < -0.39 is 23.7 Å². The molecule has 1 aromatic carbocycles. The van der Waals surface area contributed by atoms with Crippen molar-refractivity contribution in [1.82, 2.24) is 10.6 Å².